The van der Waals surface area contributed by atoms with Gasteiger partial charge in [-0.1, -0.05) is 48.4 Å². The van der Waals surface area contributed by atoms with E-state index in [0.717, 1.165) is 15.1 Å². The SMILES string of the molecule is C=CC(=O)OC(CC)CSc1nnc(SC)s1. The molecule has 1 unspecified atom stereocenters. The first kappa shape index (κ1) is 14.5. The van der Waals surface area contributed by atoms with Crippen LogP contribution in [0, 0.1) is 0 Å². The second-order valence-corrected chi connectivity index (χ2v) is 6.32. The molecule has 0 N–H and O–H groups in total. The van der Waals surface area contributed by atoms with Gasteiger partial charge in [0.2, 0.25) is 0 Å². The Morgan fingerprint density at radius 2 is 2.29 bits per heavy atom. The third kappa shape index (κ3) is 5.10. The van der Waals surface area contributed by atoms with Crippen molar-refractivity contribution < 1.29 is 9.53 Å². The van der Waals surface area contributed by atoms with Gasteiger partial charge in [-0.25, -0.2) is 4.79 Å². The zero-order valence-electron chi connectivity index (χ0n) is 9.71. The number of hydrogen-bond donors (Lipinski definition) is 0. The van der Waals surface area contributed by atoms with Crippen LogP contribution in [0.5, 0.6) is 0 Å². The van der Waals surface area contributed by atoms with E-state index in [4.69, 9.17) is 4.74 Å². The summed E-state index contributed by atoms with van der Waals surface area (Å²) in [5.74, 6) is 0.318. The van der Waals surface area contributed by atoms with Crippen molar-refractivity contribution in [1.29, 1.82) is 0 Å². The lowest BCUT2D eigenvalue weighted by Crippen LogP contribution is -2.18. The van der Waals surface area contributed by atoms with Crippen molar-refractivity contribution in [3.63, 3.8) is 0 Å². The van der Waals surface area contributed by atoms with Crippen LogP contribution in [0.3, 0.4) is 0 Å². The number of rotatable bonds is 7. The van der Waals surface area contributed by atoms with E-state index in [1.165, 1.54) is 6.08 Å². The molecule has 1 heterocycles. The third-order valence-electron chi connectivity index (χ3n) is 1.86. The number of hydrogen-bond acceptors (Lipinski definition) is 7. The zero-order chi connectivity index (χ0) is 12.7. The van der Waals surface area contributed by atoms with Crippen molar-refractivity contribution in [2.24, 2.45) is 0 Å². The van der Waals surface area contributed by atoms with E-state index < -0.39 is 0 Å². The molecule has 7 heteroatoms. The number of aromatic nitrogens is 2. The van der Waals surface area contributed by atoms with Crippen LogP contribution in [0.2, 0.25) is 0 Å². The maximum absolute atomic E-state index is 11.1. The molecule has 94 valence electrons. The highest BCUT2D eigenvalue weighted by Crippen LogP contribution is 2.28. The quantitative estimate of drug-likeness (QED) is 0.437. The summed E-state index contributed by atoms with van der Waals surface area (Å²) in [6.07, 6.45) is 3.83. The number of carbonyl (C=O) groups excluding carboxylic acids is 1. The fourth-order valence-corrected chi connectivity index (χ4v) is 3.52. The molecule has 0 aliphatic heterocycles. The maximum atomic E-state index is 11.1. The minimum Gasteiger partial charge on any atom is -0.458 e. The van der Waals surface area contributed by atoms with E-state index in [1.807, 2.05) is 13.2 Å². The predicted molar refractivity (Wildman–Crippen MR) is 72.8 cm³/mol. The molecule has 1 atom stereocenters. The van der Waals surface area contributed by atoms with E-state index in [2.05, 4.69) is 16.8 Å². The molecular formula is C10H14N2O2S3. The molecule has 1 aromatic rings. The third-order valence-corrected chi connectivity index (χ3v) is 5.02. The highest BCUT2D eigenvalue weighted by Gasteiger charge is 2.12. The monoisotopic (exact) mass is 290 g/mol. The number of esters is 1. The molecule has 1 rings (SSSR count). The Labute approximate surface area is 113 Å². The van der Waals surface area contributed by atoms with Gasteiger partial charge in [-0.05, 0) is 12.7 Å². The Bertz CT molecular complexity index is 381. The normalized spacial score (nSPS) is 12.1. The lowest BCUT2D eigenvalue weighted by atomic mass is 10.3. The van der Waals surface area contributed by atoms with Gasteiger partial charge in [0.15, 0.2) is 8.68 Å². The van der Waals surface area contributed by atoms with Gasteiger partial charge in [0.1, 0.15) is 6.10 Å². The molecular weight excluding hydrogens is 276 g/mol. The minimum atomic E-state index is -0.375. The van der Waals surface area contributed by atoms with Crippen LogP contribution in [0.25, 0.3) is 0 Å². The summed E-state index contributed by atoms with van der Waals surface area (Å²) in [5.41, 5.74) is 0. The zero-order valence-corrected chi connectivity index (χ0v) is 12.2. The molecule has 0 amide bonds. The molecule has 0 saturated heterocycles. The van der Waals surface area contributed by atoms with Crippen molar-refractivity contribution in [2.45, 2.75) is 28.1 Å². The number of nitrogens with zero attached hydrogens (tertiary/aromatic N) is 2. The average Bonchev–Trinajstić information content (AvgIpc) is 2.82. The van der Waals surface area contributed by atoms with Crippen LogP contribution in [0.4, 0.5) is 0 Å². The van der Waals surface area contributed by atoms with Gasteiger partial charge in [0.05, 0.1) is 0 Å². The van der Waals surface area contributed by atoms with Crippen molar-refractivity contribution in [1.82, 2.24) is 10.2 Å². The van der Waals surface area contributed by atoms with Gasteiger partial charge < -0.3 is 4.74 Å². The largest absolute Gasteiger partial charge is 0.458 e. The van der Waals surface area contributed by atoms with E-state index in [0.29, 0.717) is 5.75 Å². The molecule has 0 aromatic carbocycles. The lowest BCUT2D eigenvalue weighted by molar-refractivity contribution is -0.141. The van der Waals surface area contributed by atoms with Gasteiger partial charge in [0.25, 0.3) is 0 Å². The smallest absolute Gasteiger partial charge is 0.330 e. The first-order valence-corrected chi connectivity index (χ1v) is 8.05. The average molecular weight is 290 g/mol. The summed E-state index contributed by atoms with van der Waals surface area (Å²) in [6.45, 7) is 5.36. The number of thioether (sulfide) groups is 2. The molecule has 0 fully saturated rings. The Morgan fingerprint density at radius 1 is 1.59 bits per heavy atom. The first-order valence-electron chi connectivity index (χ1n) is 5.03. The van der Waals surface area contributed by atoms with Gasteiger partial charge >= 0.3 is 5.97 Å². The van der Waals surface area contributed by atoms with Crippen molar-refractivity contribution in [2.75, 3.05) is 12.0 Å². The Balaban J connectivity index is 2.41. The van der Waals surface area contributed by atoms with Crippen molar-refractivity contribution >= 4 is 40.8 Å². The standard InChI is InChI=1S/C10H14N2O2S3/c1-4-7(14-8(13)5-2)6-16-10-12-11-9(15-3)17-10/h5,7H,2,4,6H2,1,3H3. The second kappa shape index (κ2) is 7.73. The molecule has 0 aliphatic carbocycles. The Hall–Kier alpha value is -0.530. The van der Waals surface area contributed by atoms with Crippen molar-refractivity contribution in [3.8, 4) is 0 Å². The summed E-state index contributed by atoms with van der Waals surface area (Å²) >= 11 is 4.69. The van der Waals surface area contributed by atoms with E-state index >= 15 is 0 Å². The van der Waals surface area contributed by atoms with Gasteiger partial charge in [0, 0.05) is 11.8 Å². The lowest BCUT2D eigenvalue weighted by Gasteiger charge is -2.13. The summed E-state index contributed by atoms with van der Waals surface area (Å²) < 4.78 is 7.03. The topological polar surface area (TPSA) is 52.1 Å². The van der Waals surface area contributed by atoms with Gasteiger partial charge in [-0.15, -0.1) is 10.2 Å². The molecule has 17 heavy (non-hydrogen) atoms. The highest BCUT2D eigenvalue weighted by atomic mass is 32.2. The predicted octanol–water partition coefficient (Wildman–Crippen LogP) is 2.86. The van der Waals surface area contributed by atoms with Crippen LogP contribution in [-0.4, -0.2) is 34.3 Å². The van der Waals surface area contributed by atoms with Crippen LogP contribution < -0.4 is 0 Å². The van der Waals surface area contributed by atoms with Crippen molar-refractivity contribution in [3.05, 3.63) is 12.7 Å². The molecule has 0 radical (unpaired) electrons. The van der Waals surface area contributed by atoms with Crippen LogP contribution in [0.1, 0.15) is 13.3 Å². The molecule has 0 spiro atoms. The highest BCUT2D eigenvalue weighted by molar-refractivity contribution is 8.03. The fourth-order valence-electron chi connectivity index (χ4n) is 0.950. The molecule has 1 aromatic heterocycles. The maximum Gasteiger partial charge on any atom is 0.330 e. The Kier molecular flexibility index (Phi) is 6.61. The molecule has 0 saturated carbocycles. The number of carbonyl (C=O) groups is 1. The summed E-state index contributed by atoms with van der Waals surface area (Å²) in [4.78, 5) is 11.1. The van der Waals surface area contributed by atoms with Gasteiger partial charge in [-0.2, -0.15) is 0 Å². The van der Waals surface area contributed by atoms with Crippen LogP contribution >= 0.6 is 34.9 Å². The van der Waals surface area contributed by atoms with Crippen LogP contribution in [-0.2, 0) is 9.53 Å². The van der Waals surface area contributed by atoms with E-state index in [1.54, 1.807) is 34.9 Å². The summed E-state index contributed by atoms with van der Waals surface area (Å²) in [5, 5.41) is 8.04. The van der Waals surface area contributed by atoms with E-state index in [9.17, 15) is 4.79 Å². The molecule has 4 nitrogen and oxygen atoms in total. The fraction of sp³-hybridized carbons (Fsp3) is 0.500. The first-order chi connectivity index (χ1) is 8.19. The summed E-state index contributed by atoms with van der Waals surface area (Å²) in [7, 11) is 0. The molecule has 0 aliphatic rings. The minimum absolute atomic E-state index is 0.105. The Morgan fingerprint density at radius 3 is 2.82 bits per heavy atom. The van der Waals surface area contributed by atoms with Crippen LogP contribution in [0.15, 0.2) is 21.3 Å². The summed E-state index contributed by atoms with van der Waals surface area (Å²) in [6, 6.07) is 0. The number of ether oxygens (including phenoxy) is 1. The second-order valence-electron chi connectivity index (χ2n) is 3.02. The molecule has 0 bridgehead atoms. The van der Waals surface area contributed by atoms with Gasteiger partial charge in [-0.3, -0.25) is 0 Å². The van der Waals surface area contributed by atoms with E-state index in [-0.39, 0.29) is 12.1 Å².